The number of aromatic nitrogens is 1. The van der Waals surface area contributed by atoms with Crippen molar-refractivity contribution in [1.82, 2.24) is 9.99 Å². The van der Waals surface area contributed by atoms with Crippen molar-refractivity contribution in [2.24, 2.45) is 5.10 Å². The van der Waals surface area contributed by atoms with E-state index in [1.54, 1.807) is 24.4 Å². The highest BCUT2D eigenvalue weighted by atomic mass is 16.6. The molecule has 2 aromatic carbocycles. The van der Waals surface area contributed by atoms with Gasteiger partial charge in [-0.1, -0.05) is 32.9 Å². The second-order valence-electron chi connectivity index (χ2n) is 8.80. The predicted molar refractivity (Wildman–Crippen MR) is 129 cm³/mol. The maximum Gasteiger partial charge on any atom is 0.273 e. The van der Waals surface area contributed by atoms with Gasteiger partial charge in [-0.2, -0.15) is 5.10 Å². The Labute approximate surface area is 193 Å². The van der Waals surface area contributed by atoms with E-state index in [1.807, 2.05) is 36.6 Å². The summed E-state index contributed by atoms with van der Waals surface area (Å²) in [4.78, 5) is 23.1. The molecule has 1 N–H and O–H groups in total. The van der Waals surface area contributed by atoms with E-state index in [0.29, 0.717) is 17.0 Å². The van der Waals surface area contributed by atoms with E-state index in [0.717, 1.165) is 22.5 Å². The zero-order valence-corrected chi connectivity index (χ0v) is 19.7. The van der Waals surface area contributed by atoms with Crippen molar-refractivity contribution < 1.29 is 14.5 Å². The molecular formula is C25H28N4O4. The highest BCUT2D eigenvalue weighted by Gasteiger charge is 2.17. The number of nitro groups is 1. The number of carbonyl (C=O) groups excluding carboxylic acids is 1. The molecule has 8 nitrogen and oxygen atoms in total. The smallest absolute Gasteiger partial charge is 0.273 e. The first-order valence-corrected chi connectivity index (χ1v) is 10.5. The summed E-state index contributed by atoms with van der Waals surface area (Å²) >= 11 is 0. The Hall–Kier alpha value is -3.94. The van der Waals surface area contributed by atoms with Crippen LogP contribution in [0, 0.1) is 24.0 Å². The lowest BCUT2D eigenvalue weighted by atomic mass is 9.87. The van der Waals surface area contributed by atoms with Crippen LogP contribution in [0.15, 0.2) is 53.6 Å². The van der Waals surface area contributed by atoms with Gasteiger partial charge in [-0.25, -0.2) is 5.43 Å². The molecule has 0 spiro atoms. The van der Waals surface area contributed by atoms with Gasteiger partial charge in [-0.05, 0) is 49.1 Å². The molecule has 0 aliphatic carbocycles. The van der Waals surface area contributed by atoms with Gasteiger partial charge in [0.05, 0.1) is 30.0 Å². The number of hydrogen-bond donors (Lipinski definition) is 1. The topological polar surface area (TPSA) is 98.8 Å². The van der Waals surface area contributed by atoms with Crippen molar-refractivity contribution in [2.45, 2.75) is 40.0 Å². The molecule has 8 heteroatoms. The molecule has 0 aliphatic rings. The average Bonchev–Trinajstić information content (AvgIpc) is 3.05. The summed E-state index contributed by atoms with van der Waals surface area (Å²) in [5.74, 6) is 0.0963. The quantitative estimate of drug-likeness (QED) is 0.323. The molecule has 0 aliphatic heterocycles. The number of hydrogen-bond acceptors (Lipinski definition) is 5. The van der Waals surface area contributed by atoms with Crippen LogP contribution in [0.3, 0.4) is 0 Å². The number of nitro benzene ring substituents is 1. The number of rotatable bonds is 6. The lowest BCUT2D eigenvalue weighted by Gasteiger charge is -2.18. The van der Waals surface area contributed by atoms with Gasteiger partial charge < -0.3 is 9.30 Å². The second kappa shape index (κ2) is 9.28. The first-order valence-electron chi connectivity index (χ1n) is 10.5. The number of non-ortho nitro benzene ring substituents is 1. The molecule has 1 aromatic heterocycles. The molecular weight excluding hydrogens is 420 g/mol. The van der Waals surface area contributed by atoms with E-state index in [4.69, 9.17) is 4.74 Å². The molecule has 172 valence electrons. The van der Waals surface area contributed by atoms with Crippen LogP contribution in [0.2, 0.25) is 0 Å². The van der Waals surface area contributed by atoms with E-state index >= 15 is 0 Å². The third-order valence-corrected chi connectivity index (χ3v) is 5.47. The molecule has 33 heavy (non-hydrogen) atoms. The second-order valence-corrected chi connectivity index (χ2v) is 8.80. The number of aryl methyl sites for hydroxylation is 1. The Bertz CT molecular complexity index is 1220. The Morgan fingerprint density at radius 1 is 1.12 bits per heavy atom. The molecule has 1 heterocycles. The first-order chi connectivity index (χ1) is 15.5. The summed E-state index contributed by atoms with van der Waals surface area (Å²) in [6, 6.07) is 13.9. The Morgan fingerprint density at radius 3 is 2.36 bits per heavy atom. The fraction of sp³-hybridized carbons (Fsp3) is 0.280. The lowest BCUT2D eigenvalue weighted by molar-refractivity contribution is -0.384. The average molecular weight is 449 g/mol. The van der Waals surface area contributed by atoms with Crippen molar-refractivity contribution in [3.63, 3.8) is 0 Å². The Balaban J connectivity index is 1.80. The highest BCUT2D eigenvalue weighted by Crippen LogP contribution is 2.31. The number of carbonyl (C=O) groups is 1. The van der Waals surface area contributed by atoms with E-state index in [9.17, 15) is 14.9 Å². The number of benzene rings is 2. The van der Waals surface area contributed by atoms with Gasteiger partial charge in [0.15, 0.2) is 0 Å². The summed E-state index contributed by atoms with van der Waals surface area (Å²) < 4.78 is 7.31. The molecule has 3 aromatic rings. The molecule has 0 fully saturated rings. The van der Waals surface area contributed by atoms with Crippen molar-refractivity contribution in [3.05, 3.63) is 86.7 Å². The van der Waals surface area contributed by atoms with Gasteiger partial charge in [0.25, 0.3) is 11.6 Å². The zero-order valence-electron chi connectivity index (χ0n) is 19.7. The standard InChI is InChI=1S/C25H28N4O4/c1-16-13-19(15-26-27-24(30)18-7-9-20(10-8-18)25(3,4)5)17(2)28(16)22-12-11-21(29(31)32)14-23(22)33-6/h7-15H,1-6H3,(H,27,30)/b26-15-. The van der Waals surface area contributed by atoms with Crippen LogP contribution in [-0.4, -0.2) is 28.7 Å². The minimum Gasteiger partial charge on any atom is -0.494 e. The fourth-order valence-electron chi connectivity index (χ4n) is 3.60. The monoisotopic (exact) mass is 448 g/mol. The van der Waals surface area contributed by atoms with Gasteiger partial charge in [0.2, 0.25) is 0 Å². The van der Waals surface area contributed by atoms with Crippen molar-refractivity contribution in [2.75, 3.05) is 7.11 Å². The molecule has 0 atom stereocenters. The minimum atomic E-state index is -0.459. The Morgan fingerprint density at radius 2 is 1.79 bits per heavy atom. The van der Waals surface area contributed by atoms with Crippen molar-refractivity contribution in [3.8, 4) is 11.4 Å². The SMILES string of the molecule is COc1cc([N+](=O)[O-])ccc1-n1c(C)cc(/C=N\NC(=O)c2ccc(C(C)(C)C)cc2)c1C. The maximum atomic E-state index is 12.4. The van der Waals surface area contributed by atoms with Gasteiger partial charge in [-0.15, -0.1) is 0 Å². The number of amides is 1. The van der Waals surface area contributed by atoms with Crippen LogP contribution in [0.4, 0.5) is 5.69 Å². The third-order valence-electron chi connectivity index (χ3n) is 5.47. The summed E-state index contributed by atoms with van der Waals surface area (Å²) in [6.07, 6.45) is 1.58. The number of methoxy groups -OCH3 is 1. The van der Waals surface area contributed by atoms with Crippen molar-refractivity contribution in [1.29, 1.82) is 0 Å². The molecule has 0 radical (unpaired) electrons. The molecule has 0 saturated carbocycles. The van der Waals surface area contributed by atoms with E-state index in [1.165, 1.54) is 19.2 Å². The molecule has 0 bridgehead atoms. The predicted octanol–water partition coefficient (Wildman–Crippen LogP) is 5.07. The van der Waals surface area contributed by atoms with Crippen molar-refractivity contribution >= 4 is 17.8 Å². The highest BCUT2D eigenvalue weighted by molar-refractivity contribution is 5.95. The van der Waals surface area contributed by atoms with E-state index in [2.05, 4.69) is 31.3 Å². The fourth-order valence-corrected chi connectivity index (χ4v) is 3.60. The van der Waals surface area contributed by atoms with Crippen LogP contribution >= 0.6 is 0 Å². The summed E-state index contributed by atoms with van der Waals surface area (Å²) in [6.45, 7) is 10.2. The van der Waals surface area contributed by atoms with Crippen LogP contribution in [-0.2, 0) is 5.41 Å². The molecule has 0 saturated heterocycles. The number of nitrogens with one attached hydrogen (secondary N) is 1. The zero-order chi connectivity index (χ0) is 24.3. The van der Waals surface area contributed by atoms with Crippen LogP contribution in [0.5, 0.6) is 5.75 Å². The Kier molecular flexibility index (Phi) is 6.67. The number of hydrazone groups is 1. The van der Waals surface area contributed by atoms with Gasteiger partial charge in [0, 0.05) is 28.6 Å². The van der Waals surface area contributed by atoms with E-state index in [-0.39, 0.29) is 17.0 Å². The normalized spacial score (nSPS) is 11.6. The molecule has 1 amide bonds. The lowest BCUT2D eigenvalue weighted by Crippen LogP contribution is -2.18. The third kappa shape index (κ3) is 5.11. The largest absolute Gasteiger partial charge is 0.494 e. The summed E-state index contributed by atoms with van der Waals surface area (Å²) in [5, 5.41) is 15.2. The number of nitrogens with zero attached hydrogens (tertiary/aromatic N) is 3. The summed E-state index contributed by atoms with van der Waals surface area (Å²) in [7, 11) is 1.47. The maximum absolute atomic E-state index is 12.4. The van der Waals surface area contributed by atoms with Crippen LogP contribution in [0.1, 0.15) is 53.6 Å². The van der Waals surface area contributed by atoms with Gasteiger partial charge in [-0.3, -0.25) is 14.9 Å². The van der Waals surface area contributed by atoms with Crippen LogP contribution < -0.4 is 10.2 Å². The van der Waals surface area contributed by atoms with Crippen LogP contribution in [0.25, 0.3) is 5.69 Å². The van der Waals surface area contributed by atoms with Gasteiger partial charge >= 0.3 is 0 Å². The first kappa shape index (κ1) is 23.7. The van der Waals surface area contributed by atoms with E-state index < -0.39 is 4.92 Å². The minimum absolute atomic E-state index is 0.0159. The molecule has 0 unspecified atom stereocenters. The number of ether oxygens (including phenoxy) is 1. The van der Waals surface area contributed by atoms with Gasteiger partial charge in [0.1, 0.15) is 5.75 Å². The summed E-state index contributed by atoms with van der Waals surface area (Å²) in [5.41, 5.74) is 7.45. The molecule has 3 rings (SSSR count).